The number of carbonyl (C=O) groups excluding carboxylic acids is 1. The molecule has 0 bridgehead atoms. The topological polar surface area (TPSA) is 83.6 Å². The molecule has 0 saturated carbocycles. The minimum absolute atomic E-state index is 0.170. The summed E-state index contributed by atoms with van der Waals surface area (Å²) >= 11 is 1.37. The van der Waals surface area contributed by atoms with Gasteiger partial charge in [-0.15, -0.1) is 11.8 Å². The zero-order valence-electron chi connectivity index (χ0n) is 7.97. The van der Waals surface area contributed by atoms with Crippen LogP contribution >= 0.6 is 11.8 Å². The average molecular weight is 218 g/mol. The van der Waals surface area contributed by atoms with Crippen molar-refractivity contribution in [2.45, 2.75) is 18.2 Å². The monoisotopic (exact) mass is 218 g/mol. The summed E-state index contributed by atoms with van der Waals surface area (Å²) in [7, 11) is 0. The van der Waals surface area contributed by atoms with Crippen LogP contribution in [0.4, 0.5) is 0 Å². The SMILES string of the molecule is C[C@H](N)C(=O)N1CCSC(C(=O)O)C1. The smallest absolute Gasteiger partial charge is 0.318 e. The van der Waals surface area contributed by atoms with E-state index >= 15 is 0 Å². The molecule has 1 amide bonds. The molecule has 1 aliphatic heterocycles. The molecule has 0 radical (unpaired) electrons. The van der Waals surface area contributed by atoms with Gasteiger partial charge in [0.15, 0.2) is 0 Å². The van der Waals surface area contributed by atoms with Crippen LogP contribution in [0.3, 0.4) is 0 Å². The second kappa shape index (κ2) is 4.65. The molecule has 80 valence electrons. The van der Waals surface area contributed by atoms with Crippen molar-refractivity contribution in [3.63, 3.8) is 0 Å². The highest BCUT2D eigenvalue weighted by atomic mass is 32.2. The molecule has 1 unspecified atom stereocenters. The van der Waals surface area contributed by atoms with E-state index in [1.807, 2.05) is 0 Å². The van der Waals surface area contributed by atoms with E-state index in [1.54, 1.807) is 6.92 Å². The Hall–Kier alpha value is -0.750. The van der Waals surface area contributed by atoms with Crippen molar-refractivity contribution in [2.24, 2.45) is 5.73 Å². The normalized spacial score (nSPS) is 24.4. The van der Waals surface area contributed by atoms with Gasteiger partial charge in [0.05, 0.1) is 6.04 Å². The van der Waals surface area contributed by atoms with Gasteiger partial charge in [-0.2, -0.15) is 0 Å². The lowest BCUT2D eigenvalue weighted by molar-refractivity contribution is -0.138. The van der Waals surface area contributed by atoms with Crippen molar-refractivity contribution in [3.8, 4) is 0 Å². The molecule has 14 heavy (non-hydrogen) atoms. The molecule has 0 aromatic carbocycles. The van der Waals surface area contributed by atoms with Crippen molar-refractivity contribution in [2.75, 3.05) is 18.8 Å². The number of aliphatic carboxylic acids is 1. The van der Waals surface area contributed by atoms with E-state index in [4.69, 9.17) is 10.8 Å². The molecule has 0 aromatic rings. The summed E-state index contributed by atoms with van der Waals surface area (Å²) in [5.74, 6) is -0.371. The summed E-state index contributed by atoms with van der Waals surface area (Å²) in [4.78, 5) is 23.7. The number of nitrogens with two attached hydrogens (primary N) is 1. The largest absolute Gasteiger partial charge is 0.480 e. The van der Waals surface area contributed by atoms with Crippen LogP contribution in [0, 0.1) is 0 Å². The van der Waals surface area contributed by atoms with Crippen LogP contribution in [0.15, 0.2) is 0 Å². The number of rotatable bonds is 2. The third-order valence-corrected chi connectivity index (χ3v) is 3.21. The molecule has 1 saturated heterocycles. The van der Waals surface area contributed by atoms with E-state index in [-0.39, 0.29) is 12.5 Å². The van der Waals surface area contributed by atoms with Gasteiger partial charge in [-0.3, -0.25) is 9.59 Å². The van der Waals surface area contributed by atoms with E-state index in [2.05, 4.69) is 0 Å². The Morgan fingerprint density at radius 2 is 2.29 bits per heavy atom. The lowest BCUT2D eigenvalue weighted by Gasteiger charge is -2.31. The molecular formula is C8H14N2O3S. The molecule has 1 rings (SSSR count). The zero-order valence-corrected chi connectivity index (χ0v) is 8.79. The van der Waals surface area contributed by atoms with Crippen LogP contribution in [0.2, 0.25) is 0 Å². The Kier molecular flexibility index (Phi) is 3.77. The summed E-state index contributed by atoms with van der Waals surface area (Å²) < 4.78 is 0. The third-order valence-electron chi connectivity index (χ3n) is 2.04. The second-order valence-corrected chi connectivity index (χ2v) is 4.58. The van der Waals surface area contributed by atoms with Gasteiger partial charge in [0.25, 0.3) is 0 Å². The van der Waals surface area contributed by atoms with Gasteiger partial charge in [0, 0.05) is 18.8 Å². The number of carboxylic acids is 1. The van der Waals surface area contributed by atoms with E-state index in [9.17, 15) is 9.59 Å². The average Bonchev–Trinajstić information content (AvgIpc) is 2.16. The van der Waals surface area contributed by atoms with Crippen molar-refractivity contribution in [1.82, 2.24) is 4.90 Å². The first-order valence-corrected chi connectivity index (χ1v) is 5.46. The fraction of sp³-hybridized carbons (Fsp3) is 0.750. The maximum atomic E-state index is 11.5. The van der Waals surface area contributed by atoms with Crippen molar-refractivity contribution in [3.05, 3.63) is 0 Å². The maximum absolute atomic E-state index is 11.5. The van der Waals surface area contributed by atoms with Crippen molar-refractivity contribution < 1.29 is 14.7 Å². The third kappa shape index (κ3) is 2.62. The number of nitrogens with zero attached hydrogens (tertiary/aromatic N) is 1. The van der Waals surface area contributed by atoms with Crippen molar-refractivity contribution in [1.29, 1.82) is 0 Å². The summed E-state index contributed by atoms with van der Waals surface area (Å²) in [6.45, 7) is 2.47. The zero-order chi connectivity index (χ0) is 10.7. The lowest BCUT2D eigenvalue weighted by atomic mass is 10.2. The number of hydrogen-bond acceptors (Lipinski definition) is 4. The van der Waals surface area contributed by atoms with Gasteiger partial charge in [-0.25, -0.2) is 0 Å². The first kappa shape index (κ1) is 11.3. The Morgan fingerprint density at radius 1 is 1.64 bits per heavy atom. The molecule has 2 atom stereocenters. The van der Waals surface area contributed by atoms with Crippen LogP contribution < -0.4 is 5.73 Å². The molecule has 3 N–H and O–H groups in total. The predicted octanol–water partition coefficient (Wildman–Crippen LogP) is -0.638. The maximum Gasteiger partial charge on any atom is 0.318 e. The molecule has 0 aliphatic carbocycles. The molecule has 1 heterocycles. The number of thioether (sulfide) groups is 1. The Morgan fingerprint density at radius 3 is 2.79 bits per heavy atom. The van der Waals surface area contributed by atoms with Gasteiger partial charge in [-0.05, 0) is 6.92 Å². The Bertz CT molecular complexity index is 245. The molecule has 1 aliphatic rings. The van der Waals surface area contributed by atoms with E-state index in [0.717, 1.165) is 0 Å². The number of amides is 1. The highest BCUT2D eigenvalue weighted by Gasteiger charge is 2.29. The number of carboxylic acid groups (broad SMARTS) is 1. The van der Waals surface area contributed by atoms with Crippen LogP contribution in [0.5, 0.6) is 0 Å². The fourth-order valence-electron chi connectivity index (χ4n) is 1.29. The number of carbonyl (C=O) groups is 2. The van der Waals surface area contributed by atoms with E-state index in [0.29, 0.717) is 12.3 Å². The summed E-state index contributed by atoms with van der Waals surface area (Å²) in [5, 5.41) is 8.28. The fourth-order valence-corrected chi connectivity index (χ4v) is 2.33. The minimum atomic E-state index is -0.864. The van der Waals surface area contributed by atoms with E-state index < -0.39 is 17.3 Å². The quantitative estimate of drug-likeness (QED) is 0.644. The highest BCUT2D eigenvalue weighted by Crippen LogP contribution is 2.19. The molecular weight excluding hydrogens is 204 g/mol. The van der Waals surface area contributed by atoms with Crippen LogP contribution in [-0.2, 0) is 9.59 Å². The van der Waals surface area contributed by atoms with Gasteiger partial charge in [0.1, 0.15) is 5.25 Å². The van der Waals surface area contributed by atoms with Crippen LogP contribution in [0.1, 0.15) is 6.92 Å². The van der Waals surface area contributed by atoms with Crippen LogP contribution in [0.25, 0.3) is 0 Å². The second-order valence-electron chi connectivity index (χ2n) is 3.27. The standard InChI is InChI=1S/C8H14N2O3S/c1-5(9)7(11)10-2-3-14-6(4-10)8(12)13/h5-6H,2-4,9H2,1H3,(H,12,13)/t5-,6?/m0/s1. The molecule has 0 spiro atoms. The van der Waals surface area contributed by atoms with Gasteiger partial charge >= 0.3 is 5.97 Å². The first-order valence-electron chi connectivity index (χ1n) is 4.41. The summed E-state index contributed by atoms with van der Waals surface area (Å²) in [6.07, 6.45) is 0. The molecule has 1 fully saturated rings. The Balaban J connectivity index is 2.56. The minimum Gasteiger partial charge on any atom is -0.480 e. The lowest BCUT2D eigenvalue weighted by Crippen LogP contribution is -2.49. The molecule has 6 heteroatoms. The summed E-state index contributed by atoms with van der Waals surface area (Å²) in [6, 6.07) is -0.549. The first-order chi connectivity index (χ1) is 6.52. The van der Waals surface area contributed by atoms with E-state index in [1.165, 1.54) is 16.7 Å². The van der Waals surface area contributed by atoms with Gasteiger partial charge < -0.3 is 15.7 Å². The number of hydrogen-bond donors (Lipinski definition) is 2. The predicted molar refractivity (Wildman–Crippen MR) is 54.1 cm³/mol. The van der Waals surface area contributed by atoms with Gasteiger partial charge in [0.2, 0.25) is 5.91 Å². The summed E-state index contributed by atoms with van der Waals surface area (Å²) in [5.41, 5.74) is 5.44. The van der Waals surface area contributed by atoms with Crippen molar-refractivity contribution >= 4 is 23.6 Å². The van der Waals surface area contributed by atoms with Gasteiger partial charge in [-0.1, -0.05) is 0 Å². The Labute approximate surface area is 86.6 Å². The molecule has 5 nitrogen and oxygen atoms in total. The molecule has 0 aromatic heterocycles. The highest BCUT2D eigenvalue weighted by molar-refractivity contribution is 8.00. The van der Waals surface area contributed by atoms with Crippen LogP contribution in [-0.4, -0.2) is 52.0 Å².